The predicted molar refractivity (Wildman–Crippen MR) is 103 cm³/mol. The van der Waals surface area contributed by atoms with Crippen molar-refractivity contribution in [3.8, 4) is 0 Å². The van der Waals surface area contributed by atoms with E-state index in [2.05, 4.69) is 79.7 Å². The van der Waals surface area contributed by atoms with Gasteiger partial charge in [0.05, 0.1) is 0 Å². The van der Waals surface area contributed by atoms with Gasteiger partial charge in [0.15, 0.2) is 0 Å². The lowest BCUT2D eigenvalue weighted by atomic mass is 9.58. The Balaban J connectivity index is 0.00000211. The normalized spacial score (nSPS) is 28.8. The minimum atomic E-state index is 0.127. The van der Waals surface area contributed by atoms with E-state index in [9.17, 15) is 0 Å². The van der Waals surface area contributed by atoms with Crippen LogP contribution in [0.5, 0.6) is 0 Å². The molecule has 0 heterocycles. The average molecular weight is 305 g/mol. The Bertz CT molecular complexity index is 429. The molecule has 1 saturated carbocycles. The highest BCUT2D eigenvalue weighted by Gasteiger charge is 2.41. The van der Waals surface area contributed by atoms with Gasteiger partial charge in [-0.15, -0.1) is 0 Å². The van der Waals surface area contributed by atoms with Gasteiger partial charge in [-0.25, -0.2) is 0 Å². The van der Waals surface area contributed by atoms with E-state index in [-0.39, 0.29) is 10.8 Å². The first-order valence-corrected chi connectivity index (χ1v) is 9.16. The zero-order valence-electron chi connectivity index (χ0n) is 16.9. The minimum Gasteiger partial charge on any atom is -0.0908 e. The average Bonchev–Trinajstić information content (AvgIpc) is 2.46. The van der Waals surface area contributed by atoms with E-state index in [4.69, 9.17) is 0 Å². The molecule has 0 aromatic rings. The van der Waals surface area contributed by atoms with Crippen molar-refractivity contribution in [2.75, 3.05) is 0 Å². The number of rotatable bonds is 3. The van der Waals surface area contributed by atoms with Crippen molar-refractivity contribution in [2.24, 2.45) is 16.2 Å². The lowest BCUT2D eigenvalue weighted by Crippen LogP contribution is -2.34. The standard InChI is InChI=1S/C20H34.C2H6/c1-9-12-18(4,5)15-17-16(10-2)20(8,11-3)14-13-19(17,6)7;1-2/h9-10,12,15H,11,13-14H2,1-8H3;1-2H3/b12-9-,16-10+,17-15+;. The molecule has 1 aliphatic carbocycles. The van der Waals surface area contributed by atoms with Crippen molar-refractivity contribution >= 4 is 0 Å². The lowest BCUT2D eigenvalue weighted by Gasteiger charge is -2.46. The summed E-state index contributed by atoms with van der Waals surface area (Å²) in [7, 11) is 0. The second kappa shape index (κ2) is 8.18. The molecule has 0 nitrogen and oxygen atoms in total. The summed E-state index contributed by atoms with van der Waals surface area (Å²) in [5.74, 6) is 0. The van der Waals surface area contributed by atoms with Gasteiger partial charge in [0.1, 0.15) is 0 Å². The summed E-state index contributed by atoms with van der Waals surface area (Å²) in [6, 6.07) is 0. The minimum absolute atomic E-state index is 0.127. The maximum absolute atomic E-state index is 2.51. The van der Waals surface area contributed by atoms with Crippen molar-refractivity contribution in [1.82, 2.24) is 0 Å². The van der Waals surface area contributed by atoms with Crippen molar-refractivity contribution in [2.45, 2.75) is 88.5 Å². The quantitative estimate of drug-likeness (QED) is 0.468. The van der Waals surface area contributed by atoms with Gasteiger partial charge in [-0.1, -0.05) is 79.7 Å². The van der Waals surface area contributed by atoms with Gasteiger partial charge in [-0.3, -0.25) is 0 Å². The van der Waals surface area contributed by atoms with Crippen LogP contribution >= 0.6 is 0 Å². The molecule has 0 aliphatic heterocycles. The molecule has 0 aromatic heterocycles. The van der Waals surface area contributed by atoms with Crippen molar-refractivity contribution in [3.63, 3.8) is 0 Å². The third kappa shape index (κ3) is 4.86. The van der Waals surface area contributed by atoms with E-state index < -0.39 is 0 Å². The summed E-state index contributed by atoms with van der Waals surface area (Å²) in [4.78, 5) is 0. The Morgan fingerprint density at radius 2 is 1.55 bits per heavy atom. The van der Waals surface area contributed by atoms with Crippen LogP contribution in [0.1, 0.15) is 88.5 Å². The van der Waals surface area contributed by atoms with Crippen LogP contribution in [0.25, 0.3) is 0 Å². The molecule has 128 valence electrons. The van der Waals surface area contributed by atoms with E-state index >= 15 is 0 Å². The molecule has 1 unspecified atom stereocenters. The van der Waals surface area contributed by atoms with Crippen LogP contribution in [0.2, 0.25) is 0 Å². The predicted octanol–water partition coefficient (Wildman–Crippen LogP) is 7.72. The molecular formula is C22H40. The lowest BCUT2D eigenvalue weighted by molar-refractivity contribution is 0.232. The third-order valence-electron chi connectivity index (χ3n) is 5.15. The van der Waals surface area contributed by atoms with E-state index in [0.717, 1.165) is 0 Å². The molecule has 0 spiro atoms. The fourth-order valence-electron chi connectivity index (χ4n) is 3.54. The molecule has 0 N–H and O–H groups in total. The topological polar surface area (TPSA) is 0 Å². The van der Waals surface area contributed by atoms with Crippen LogP contribution in [0, 0.1) is 16.2 Å². The van der Waals surface area contributed by atoms with Gasteiger partial charge in [0.25, 0.3) is 0 Å². The Hall–Kier alpha value is -0.780. The van der Waals surface area contributed by atoms with Crippen molar-refractivity contribution in [1.29, 1.82) is 0 Å². The summed E-state index contributed by atoms with van der Waals surface area (Å²) in [5, 5.41) is 0. The summed E-state index contributed by atoms with van der Waals surface area (Å²) >= 11 is 0. The molecule has 1 rings (SSSR count). The molecule has 0 aromatic carbocycles. The molecule has 0 heteroatoms. The van der Waals surface area contributed by atoms with Gasteiger partial charge >= 0.3 is 0 Å². The molecule has 0 bridgehead atoms. The fraction of sp³-hybridized carbons (Fsp3) is 0.727. The highest BCUT2D eigenvalue weighted by atomic mass is 14.5. The molecule has 1 aliphatic rings. The first-order chi connectivity index (χ1) is 10.1. The van der Waals surface area contributed by atoms with Crippen molar-refractivity contribution in [3.05, 3.63) is 35.5 Å². The maximum atomic E-state index is 2.51. The van der Waals surface area contributed by atoms with Crippen LogP contribution in [-0.2, 0) is 0 Å². The van der Waals surface area contributed by atoms with Crippen LogP contribution in [0.3, 0.4) is 0 Å². The molecular weight excluding hydrogens is 264 g/mol. The van der Waals surface area contributed by atoms with Gasteiger partial charge in [-0.2, -0.15) is 0 Å². The smallest absolute Gasteiger partial charge is 0.00104 e. The Labute approximate surface area is 140 Å². The Morgan fingerprint density at radius 3 is 1.95 bits per heavy atom. The summed E-state index contributed by atoms with van der Waals surface area (Å²) < 4.78 is 0. The highest BCUT2D eigenvalue weighted by molar-refractivity contribution is 5.44. The van der Waals surface area contributed by atoms with Gasteiger partial charge < -0.3 is 0 Å². The van der Waals surface area contributed by atoms with Crippen LogP contribution < -0.4 is 0 Å². The molecule has 0 saturated heterocycles. The zero-order valence-corrected chi connectivity index (χ0v) is 16.9. The van der Waals surface area contributed by atoms with Crippen molar-refractivity contribution < 1.29 is 0 Å². The highest BCUT2D eigenvalue weighted by Crippen LogP contribution is 2.54. The van der Waals surface area contributed by atoms with Crippen LogP contribution in [0.4, 0.5) is 0 Å². The van der Waals surface area contributed by atoms with Gasteiger partial charge in [0, 0.05) is 5.41 Å². The molecule has 0 amide bonds. The Morgan fingerprint density at radius 1 is 1.00 bits per heavy atom. The van der Waals surface area contributed by atoms with Crippen LogP contribution in [-0.4, -0.2) is 0 Å². The SMILES string of the molecule is C/C=C\C(C)(C)/C=C1\C(=C/C)C(C)(CC)CCC1(C)C.CC. The third-order valence-corrected chi connectivity index (χ3v) is 5.15. The summed E-state index contributed by atoms with van der Waals surface area (Å²) in [5.41, 5.74) is 3.91. The van der Waals surface area contributed by atoms with E-state index in [1.807, 2.05) is 13.8 Å². The molecule has 1 fully saturated rings. The van der Waals surface area contributed by atoms with Gasteiger partial charge in [0.2, 0.25) is 0 Å². The monoisotopic (exact) mass is 304 g/mol. The number of hydrogen-bond donors (Lipinski definition) is 0. The maximum Gasteiger partial charge on any atom is 0.00104 e. The van der Waals surface area contributed by atoms with Crippen LogP contribution in [0.15, 0.2) is 35.5 Å². The zero-order chi connectivity index (χ0) is 17.6. The van der Waals surface area contributed by atoms with E-state index in [0.29, 0.717) is 5.41 Å². The Kier molecular flexibility index (Phi) is 7.89. The van der Waals surface area contributed by atoms with E-state index in [1.165, 1.54) is 19.3 Å². The first-order valence-electron chi connectivity index (χ1n) is 9.16. The second-order valence-corrected chi connectivity index (χ2v) is 7.88. The molecule has 22 heavy (non-hydrogen) atoms. The second-order valence-electron chi connectivity index (χ2n) is 7.88. The number of hydrogen-bond acceptors (Lipinski definition) is 0. The first kappa shape index (κ1) is 21.2. The molecule has 0 radical (unpaired) electrons. The van der Waals surface area contributed by atoms with Gasteiger partial charge in [-0.05, 0) is 55.1 Å². The van der Waals surface area contributed by atoms with E-state index in [1.54, 1.807) is 11.1 Å². The largest absolute Gasteiger partial charge is 0.0908 e. The summed E-state index contributed by atoms with van der Waals surface area (Å²) in [6.45, 7) is 22.5. The summed E-state index contributed by atoms with van der Waals surface area (Å²) in [6.07, 6.45) is 13.2. The molecule has 1 atom stereocenters. The fourth-order valence-corrected chi connectivity index (χ4v) is 3.54. The number of allylic oxidation sites excluding steroid dienone is 6.